The van der Waals surface area contributed by atoms with Crippen molar-refractivity contribution < 1.29 is 24.6 Å². The average molecular weight is 449 g/mol. The molecule has 0 saturated carbocycles. The number of benzene rings is 1. The molecule has 1 aromatic carbocycles. The molecule has 3 rings (SSSR count). The van der Waals surface area contributed by atoms with Crippen LogP contribution in [-0.2, 0) is 16.1 Å². The van der Waals surface area contributed by atoms with E-state index in [4.69, 9.17) is 9.47 Å². The van der Waals surface area contributed by atoms with Crippen molar-refractivity contribution in [2.24, 2.45) is 5.92 Å². The third-order valence-electron chi connectivity index (χ3n) is 5.34. The van der Waals surface area contributed by atoms with Crippen LogP contribution in [-0.4, -0.2) is 43.5 Å². The molecule has 1 aromatic heterocycles. The molecule has 0 aliphatic carbocycles. The van der Waals surface area contributed by atoms with E-state index in [-0.39, 0.29) is 30.2 Å². The van der Waals surface area contributed by atoms with Gasteiger partial charge in [-0.15, -0.1) is 0 Å². The summed E-state index contributed by atoms with van der Waals surface area (Å²) in [6.45, 7) is 3.31. The number of nitrogens with one attached hydrogen (secondary N) is 1. The second kappa shape index (κ2) is 10.2. The maximum absolute atomic E-state index is 12.4. The monoisotopic (exact) mass is 449 g/mol. The highest BCUT2D eigenvalue weighted by Crippen LogP contribution is 2.33. The molecule has 1 unspecified atom stereocenters. The zero-order chi connectivity index (χ0) is 23.4. The minimum atomic E-state index is -0.947. The summed E-state index contributed by atoms with van der Waals surface area (Å²) in [7, 11) is 0. The molecule has 32 heavy (non-hydrogen) atoms. The number of ether oxygens (including phenoxy) is 2. The second-order valence-corrected chi connectivity index (χ2v) is 8.18. The Bertz CT molecular complexity index is 1060. The summed E-state index contributed by atoms with van der Waals surface area (Å²) < 4.78 is 12.6. The van der Waals surface area contributed by atoms with Crippen LogP contribution >= 0.6 is 0 Å². The number of aliphatic hydroxyl groups is 2. The van der Waals surface area contributed by atoms with Gasteiger partial charge in [-0.2, -0.15) is 0 Å². The Hall–Kier alpha value is -2.86. The van der Waals surface area contributed by atoms with E-state index >= 15 is 0 Å². The maximum atomic E-state index is 12.4. The van der Waals surface area contributed by atoms with Gasteiger partial charge in [-0.05, 0) is 18.4 Å². The standard InChI is InChI=1S/C21H27N3O8/c1-12(2)7-17(14-5-3-4-6-15(14)24(29)30)31-11-13-9-23(21(28)22-20(13)27)19-8-16(26)18(10-25)32-19/h3-6,9,12,16-19,25-26H,7-8,10-11H2,1-2H3,(H,22,27,28)/t16-,17?,18-,19-/m1/s1. The summed E-state index contributed by atoms with van der Waals surface area (Å²) in [5, 5.41) is 30.7. The molecule has 174 valence electrons. The van der Waals surface area contributed by atoms with Crippen molar-refractivity contribution in [3.8, 4) is 0 Å². The van der Waals surface area contributed by atoms with E-state index in [0.29, 0.717) is 12.0 Å². The molecular weight excluding hydrogens is 422 g/mol. The topological polar surface area (TPSA) is 157 Å². The molecule has 4 atom stereocenters. The quantitative estimate of drug-likeness (QED) is 0.383. The zero-order valence-electron chi connectivity index (χ0n) is 17.8. The van der Waals surface area contributed by atoms with Crippen LogP contribution in [0.5, 0.6) is 0 Å². The lowest BCUT2D eigenvalue weighted by atomic mass is 9.98. The molecule has 11 heteroatoms. The number of aliphatic hydroxyl groups excluding tert-OH is 2. The highest BCUT2D eigenvalue weighted by molar-refractivity contribution is 5.41. The molecule has 0 amide bonds. The molecule has 1 fully saturated rings. The first-order chi connectivity index (χ1) is 15.2. The molecule has 2 heterocycles. The van der Waals surface area contributed by atoms with Crippen molar-refractivity contribution in [3.63, 3.8) is 0 Å². The first-order valence-electron chi connectivity index (χ1n) is 10.3. The lowest BCUT2D eigenvalue weighted by molar-refractivity contribution is -0.386. The van der Waals surface area contributed by atoms with Gasteiger partial charge in [0.25, 0.3) is 11.2 Å². The molecule has 0 bridgehead atoms. The molecule has 1 aliphatic rings. The van der Waals surface area contributed by atoms with Crippen molar-refractivity contribution in [1.29, 1.82) is 0 Å². The van der Waals surface area contributed by atoms with Crippen molar-refractivity contribution in [1.82, 2.24) is 9.55 Å². The van der Waals surface area contributed by atoms with E-state index in [1.807, 2.05) is 13.8 Å². The predicted octanol–water partition coefficient (Wildman–Crippen LogP) is 1.39. The molecule has 0 radical (unpaired) electrons. The molecule has 0 spiro atoms. The number of hydrogen-bond donors (Lipinski definition) is 3. The third-order valence-corrected chi connectivity index (χ3v) is 5.34. The average Bonchev–Trinajstić information content (AvgIpc) is 3.12. The number of aromatic amines is 1. The Morgan fingerprint density at radius 1 is 1.34 bits per heavy atom. The van der Waals surface area contributed by atoms with Gasteiger partial charge in [-0.3, -0.25) is 24.5 Å². The predicted molar refractivity (Wildman–Crippen MR) is 113 cm³/mol. The Morgan fingerprint density at radius 3 is 2.69 bits per heavy atom. The third kappa shape index (κ3) is 5.30. The van der Waals surface area contributed by atoms with Crippen LogP contribution in [0.3, 0.4) is 0 Å². The summed E-state index contributed by atoms with van der Waals surface area (Å²) in [6, 6.07) is 6.29. The number of hydrogen-bond acceptors (Lipinski definition) is 8. The van der Waals surface area contributed by atoms with Crippen LogP contribution in [0.15, 0.2) is 40.1 Å². The fourth-order valence-corrected chi connectivity index (χ4v) is 3.72. The van der Waals surface area contributed by atoms with Gasteiger partial charge in [0.2, 0.25) is 0 Å². The van der Waals surface area contributed by atoms with E-state index in [1.165, 1.54) is 12.3 Å². The fourth-order valence-electron chi connectivity index (χ4n) is 3.72. The molecule has 2 aromatic rings. The van der Waals surface area contributed by atoms with Gasteiger partial charge in [0.05, 0.1) is 41.5 Å². The van der Waals surface area contributed by atoms with Crippen LogP contribution in [0.1, 0.15) is 50.1 Å². The van der Waals surface area contributed by atoms with Gasteiger partial charge in [0.1, 0.15) is 12.3 Å². The van der Waals surface area contributed by atoms with E-state index in [2.05, 4.69) is 4.98 Å². The van der Waals surface area contributed by atoms with Gasteiger partial charge < -0.3 is 19.7 Å². The zero-order valence-corrected chi connectivity index (χ0v) is 17.8. The smallest absolute Gasteiger partial charge is 0.330 e. The van der Waals surface area contributed by atoms with Crippen molar-refractivity contribution in [2.75, 3.05) is 6.61 Å². The lowest BCUT2D eigenvalue weighted by Crippen LogP contribution is -2.34. The minimum absolute atomic E-state index is 0.0691. The molecule has 1 saturated heterocycles. The number of nitro benzene ring substituents is 1. The van der Waals surface area contributed by atoms with Crippen LogP contribution in [0.4, 0.5) is 5.69 Å². The molecule has 3 N–H and O–H groups in total. The van der Waals surface area contributed by atoms with Crippen LogP contribution in [0, 0.1) is 16.0 Å². The molecule has 11 nitrogen and oxygen atoms in total. The highest BCUT2D eigenvalue weighted by atomic mass is 16.6. The van der Waals surface area contributed by atoms with Crippen LogP contribution < -0.4 is 11.2 Å². The lowest BCUT2D eigenvalue weighted by Gasteiger charge is -2.21. The normalized spacial score (nSPS) is 21.7. The van der Waals surface area contributed by atoms with Gasteiger partial charge >= 0.3 is 5.69 Å². The number of H-pyrrole nitrogens is 1. The van der Waals surface area contributed by atoms with Crippen molar-refractivity contribution in [3.05, 3.63) is 72.5 Å². The van der Waals surface area contributed by atoms with Gasteiger partial charge in [0.15, 0.2) is 0 Å². The summed E-state index contributed by atoms with van der Waals surface area (Å²) in [4.78, 5) is 37.8. The Kier molecular flexibility index (Phi) is 7.56. The first-order valence-corrected chi connectivity index (χ1v) is 10.3. The van der Waals surface area contributed by atoms with E-state index in [0.717, 1.165) is 4.57 Å². The van der Waals surface area contributed by atoms with Gasteiger partial charge in [-0.1, -0.05) is 26.0 Å². The number of aromatic nitrogens is 2. The largest absolute Gasteiger partial charge is 0.394 e. The van der Waals surface area contributed by atoms with Crippen LogP contribution in [0.25, 0.3) is 0 Å². The first kappa shape index (κ1) is 23.8. The van der Waals surface area contributed by atoms with E-state index in [9.17, 15) is 29.9 Å². The summed E-state index contributed by atoms with van der Waals surface area (Å²) >= 11 is 0. The van der Waals surface area contributed by atoms with E-state index < -0.39 is 47.3 Å². The number of nitrogens with zero attached hydrogens (tertiary/aromatic N) is 2. The van der Waals surface area contributed by atoms with Crippen molar-refractivity contribution in [2.45, 2.75) is 57.8 Å². The summed E-state index contributed by atoms with van der Waals surface area (Å²) in [5.74, 6) is 0.163. The van der Waals surface area contributed by atoms with Crippen LogP contribution in [0.2, 0.25) is 0 Å². The van der Waals surface area contributed by atoms with Gasteiger partial charge in [-0.25, -0.2) is 4.79 Å². The van der Waals surface area contributed by atoms with Gasteiger partial charge in [0, 0.05) is 18.7 Å². The maximum Gasteiger partial charge on any atom is 0.330 e. The summed E-state index contributed by atoms with van der Waals surface area (Å²) in [6.07, 6.45) is -1.41. The number of rotatable bonds is 9. The minimum Gasteiger partial charge on any atom is -0.394 e. The number of para-hydroxylation sites is 1. The molecular formula is C21H27N3O8. The fraction of sp³-hybridized carbons (Fsp3) is 0.524. The number of nitro groups is 1. The molecule has 1 aliphatic heterocycles. The summed E-state index contributed by atoms with van der Waals surface area (Å²) in [5.41, 5.74) is -0.895. The Morgan fingerprint density at radius 2 is 2.06 bits per heavy atom. The van der Waals surface area contributed by atoms with E-state index in [1.54, 1.807) is 18.2 Å². The Labute approximate surface area is 183 Å². The Balaban J connectivity index is 1.86. The second-order valence-electron chi connectivity index (χ2n) is 8.18. The highest BCUT2D eigenvalue weighted by Gasteiger charge is 2.35. The van der Waals surface area contributed by atoms with Crippen molar-refractivity contribution >= 4 is 5.69 Å². The SMILES string of the molecule is CC(C)CC(OCc1cn([C@H]2C[C@@H](O)[C@@H](CO)O2)c(=O)[nH]c1=O)c1ccccc1[N+](=O)[O-].